The van der Waals surface area contributed by atoms with Gasteiger partial charge in [-0.15, -0.1) is 23.2 Å². The van der Waals surface area contributed by atoms with Gasteiger partial charge in [-0.25, -0.2) is 4.98 Å². The molecule has 10 rings (SSSR count). The Morgan fingerprint density at radius 3 is 1.66 bits per heavy atom. The molecular weight excluding hydrogens is 1130 g/mol. The van der Waals surface area contributed by atoms with Gasteiger partial charge in [-0.3, -0.25) is 0 Å². The zero-order chi connectivity index (χ0) is 53.4. The van der Waals surface area contributed by atoms with Crippen LogP contribution in [-0.4, -0.2) is 57.2 Å². The van der Waals surface area contributed by atoms with Crippen LogP contribution in [-0.2, 0) is 71.9 Å². The van der Waals surface area contributed by atoms with Crippen LogP contribution in [0.25, 0.3) is 27.6 Å². The fourth-order valence-corrected chi connectivity index (χ4v) is 9.55. The van der Waals surface area contributed by atoms with Gasteiger partial charge in [0.2, 0.25) is 0 Å². The van der Waals surface area contributed by atoms with Crippen molar-refractivity contribution >= 4 is 98.2 Å². The predicted molar refractivity (Wildman–Crippen MR) is 308 cm³/mol. The van der Waals surface area contributed by atoms with E-state index >= 15 is 0 Å². The van der Waals surface area contributed by atoms with Crippen molar-refractivity contribution in [3.8, 4) is 5.82 Å². The molecule has 76 heavy (non-hydrogen) atoms. The SMILES string of the molecule is CC(C)(C)B1OB(c2cc(B3OB(C(C)(C)C)OB(C(C)(C)C)O3)cc(N3[CH-]N(c4[c-]c(COCc5[c-]c6c(cc5)c5ccccc5n6-c5cc(C(C)(C)C)ccn5)cnc4)c4ccccc43)c2)OB(C(C)(C)C)O1.[Pt]. The van der Waals surface area contributed by atoms with Gasteiger partial charge in [0.05, 0.1) is 6.61 Å². The van der Waals surface area contributed by atoms with Crippen LogP contribution in [0.15, 0.2) is 110 Å². The molecule has 3 aromatic heterocycles. The molecule has 0 amide bonds. The zero-order valence-electron chi connectivity index (χ0n) is 46.8. The Morgan fingerprint density at radius 1 is 0.553 bits per heavy atom. The van der Waals surface area contributed by atoms with E-state index in [1.165, 1.54) is 5.56 Å². The quantitative estimate of drug-likeness (QED) is 0.102. The number of hydrogen-bond acceptors (Lipinski definition) is 11. The first-order valence-corrected chi connectivity index (χ1v) is 26.2. The standard InChI is InChI=1S/C57H68B6N5O7.Pt/c1-53(2,3)41-26-27-65-52(30-41)68-48-21-17-16-20-46(48)47-25-24-39(29-51(47)68)36-69-37-40-28-45(35-64-34-40)67-38-66(49-22-18-19-23-50(49)67)44-32-42(58-70-60(54(4,5)6)74-61(71-58)55(7,8)9)31-43(33-44)59-72-62(56(10,11)12)75-63(73-59)57(13,14)15;/h16-27,30-35,38H,36-37H2,1-15H3;/q-3;. The second kappa shape index (κ2) is 21.2. The number of anilines is 4. The summed E-state index contributed by atoms with van der Waals surface area (Å²) in [4.78, 5) is 13.9. The number of nitrogens with zero attached hydrogens (tertiary/aromatic N) is 5. The van der Waals surface area contributed by atoms with Crippen molar-refractivity contribution < 1.29 is 53.2 Å². The first-order chi connectivity index (χ1) is 35.3. The first kappa shape index (κ1) is 56.1. The van der Waals surface area contributed by atoms with Crippen LogP contribution in [0.1, 0.15) is 121 Å². The second-order valence-corrected chi connectivity index (χ2v) is 25.7. The summed E-state index contributed by atoms with van der Waals surface area (Å²) in [6, 6.07) is 39.0. The van der Waals surface area contributed by atoms with Crippen molar-refractivity contribution in [2.24, 2.45) is 0 Å². The Kier molecular flexibility index (Phi) is 15.7. The predicted octanol–water partition coefficient (Wildman–Crippen LogP) is 12.3. The topological polar surface area (TPSA) is 102 Å². The molecule has 0 aliphatic carbocycles. The van der Waals surface area contributed by atoms with Crippen LogP contribution in [0.5, 0.6) is 0 Å². The van der Waals surface area contributed by atoms with Gasteiger partial charge in [0.15, 0.2) is 0 Å². The number of ether oxygens (including phenoxy) is 1. The largest absolute Gasteiger partial charge is 0.492 e. The molecule has 0 saturated carbocycles. The van der Waals surface area contributed by atoms with Gasteiger partial charge >= 0.3 is 42.7 Å². The monoisotopic (exact) mass is 1200 g/mol. The summed E-state index contributed by atoms with van der Waals surface area (Å²) in [5, 5.41) is 0.925. The molecule has 19 heteroatoms. The van der Waals surface area contributed by atoms with Crippen LogP contribution >= 0.6 is 0 Å². The van der Waals surface area contributed by atoms with E-state index in [1.807, 2.05) is 30.7 Å². The van der Waals surface area contributed by atoms with Crippen molar-refractivity contribution in [2.75, 3.05) is 9.80 Å². The molecule has 3 aliphatic heterocycles. The minimum absolute atomic E-state index is 0. The van der Waals surface area contributed by atoms with Gasteiger partial charge in [0.25, 0.3) is 0 Å². The zero-order valence-corrected chi connectivity index (χ0v) is 49.0. The number of pyridine rings is 2. The van der Waals surface area contributed by atoms with Crippen LogP contribution in [0.3, 0.4) is 0 Å². The summed E-state index contributed by atoms with van der Waals surface area (Å²) < 4.78 is 48.7. The van der Waals surface area contributed by atoms with Crippen LogP contribution in [0, 0.1) is 18.8 Å². The number of para-hydroxylation sites is 3. The van der Waals surface area contributed by atoms with E-state index in [1.54, 1.807) is 0 Å². The van der Waals surface area contributed by atoms with Gasteiger partial charge in [0.1, 0.15) is 5.82 Å². The molecule has 0 radical (unpaired) electrons. The number of rotatable bonds is 9. The Bertz CT molecular complexity index is 3110. The van der Waals surface area contributed by atoms with E-state index in [0.717, 1.165) is 72.4 Å². The molecule has 0 spiro atoms. The molecule has 0 bridgehead atoms. The average Bonchev–Trinajstić information content (AvgIpc) is 3.91. The molecule has 0 N–H and O–H groups in total. The molecule has 2 fully saturated rings. The Labute approximate surface area is 467 Å². The Hall–Kier alpha value is -4.62. The van der Waals surface area contributed by atoms with Gasteiger partial charge in [-0.1, -0.05) is 164 Å². The molecule has 0 unspecified atom stereocenters. The van der Waals surface area contributed by atoms with Crippen molar-refractivity contribution in [1.82, 2.24) is 14.5 Å². The molecule has 394 valence electrons. The van der Waals surface area contributed by atoms with E-state index in [9.17, 15) is 0 Å². The van der Waals surface area contributed by atoms with E-state index in [0.29, 0.717) is 13.2 Å². The van der Waals surface area contributed by atoms with Crippen molar-refractivity contribution in [3.05, 3.63) is 145 Å². The fourth-order valence-electron chi connectivity index (χ4n) is 9.55. The molecule has 12 nitrogen and oxygen atoms in total. The normalized spacial score (nSPS) is 16.1. The third-order valence-electron chi connectivity index (χ3n) is 13.7. The van der Waals surface area contributed by atoms with E-state index in [-0.39, 0.29) is 47.7 Å². The van der Waals surface area contributed by atoms with Crippen LogP contribution in [0.4, 0.5) is 22.7 Å². The molecule has 6 heterocycles. The van der Waals surface area contributed by atoms with Gasteiger partial charge in [0, 0.05) is 56.4 Å². The van der Waals surface area contributed by atoms with Crippen LogP contribution in [0.2, 0.25) is 21.3 Å². The second-order valence-electron chi connectivity index (χ2n) is 25.7. The molecule has 7 aromatic rings. The summed E-state index contributed by atoms with van der Waals surface area (Å²) in [5.74, 6) is 0.865. The van der Waals surface area contributed by atoms with E-state index in [2.05, 4.69) is 216 Å². The number of benzene rings is 4. The summed E-state index contributed by atoms with van der Waals surface area (Å²) in [6.45, 7) is 34.8. The Balaban J connectivity index is 0.00000706. The molecular formula is C57H68B6N5O7Pt-3. The van der Waals surface area contributed by atoms with Crippen molar-refractivity contribution in [1.29, 1.82) is 0 Å². The molecule has 0 atom stereocenters. The summed E-state index contributed by atoms with van der Waals surface area (Å²) in [5.41, 5.74) is 10.1. The third-order valence-corrected chi connectivity index (χ3v) is 13.7. The number of aromatic nitrogens is 3. The average molecular weight is 1200 g/mol. The third kappa shape index (κ3) is 11.7. The fraction of sp³-hybridized carbons (Fsp3) is 0.386. The Morgan fingerprint density at radius 2 is 1.09 bits per heavy atom. The minimum atomic E-state index is -0.766. The number of fused-ring (bicyclic) bond motifs is 4. The molecule has 4 aromatic carbocycles. The maximum Gasteiger partial charge on any atom is 0.466 e. The maximum atomic E-state index is 6.75. The molecule has 3 aliphatic rings. The summed E-state index contributed by atoms with van der Waals surface area (Å²) >= 11 is 0. The summed E-state index contributed by atoms with van der Waals surface area (Å²) in [7, 11) is -3.69. The smallest absolute Gasteiger partial charge is 0.466 e. The minimum Gasteiger partial charge on any atom is -0.492 e. The summed E-state index contributed by atoms with van der Waals surface area (Å²) in [6.07, 6.45) is 5.54. The van der Waals surface area contributed by atoms with Crippen molar-refractivity contribution in [2.45, 2.75) is 144 Å². The first-order valence-electron chi connectivity index (χ1n) is 26.2. The van der Waals surface area contributed by atoms with Gasteiger partial charge in [-0.2, -0.15) is 24.3 Å². The maximum absolute atomic E-state index is 6.75. The molecule has 2 saturated heterocycles. The van der Waals surface area contributed by atoms with Gasteiger partial charge < -0.3 is 51.5 Å². The van der Waals surface area contributed by atoms with Crippen molar-refractivity contribution in [3.63, 3.8) is 0 Å². The number of hydrogen-bond donors (Lipinski definition) is 0. The van der Waals surface area contributed by atoms with E-state index < -0.39 is 42.7 Å². The van der Waals surface area contributed by atoms with Gasteiger partial charge in [-0.05, 0) is 91.0 Å². The van der Waals surface area contributed by atoms with E-state index in [4.69, 9.17) is 42.1 Å². The van der Waals surface area contributed by atoms with Crippen LogP contribution < -0.4 is 20.7 Å².